The van der Waals surface area contributed by atoms with E-state index >= 15 is 0 Å². The first-order valence-corrected chi connectivity index (χ1v) is 8.95. The summed E-state index contributed by atoms with van der Waals surface area (Å²) in [6.07, 6.45) is 0. The van der Waals surface area contributed by atoms with Crippen LogP contribution in [0.3, 0.4) is 0 Å². The van der Waals surface area contributed by atoms with Gasteiger partial charge in [-0.15, -0.1) is 0 Å². The van der Waals surface area contributed by atoms with Crippen molar-refractivity contribution in [2.24, 2.45) is 0 Å². The molecule has 0 saturated heterocycles. The predicted octanol–water partition coefficient (Wildman–Crippen LogP) is 2.60. The lowest BCUT2D eigenvalue weighted by Gasteiger charge is -2.15. The Labute approximate surface area is 157 Å². The van der Waals surface area contributed by atoms with Crippen molar-refractivity contribution in [3.63, 3.8) is 0 Å². The summed E-state index contributed by atoms with van der Waals surface area (Å²) in [7, 11) is 0. The van der Waals surface area contributed by atoms with Crippen molar-refractivity contribution >= 4 is 23.2 Å². The fourth-order valence-corrected chi connectivity index (χ4v) is 2.86. The number of benzene rings is 2. The molecule has 2 aromatic carbocycles. The summed E-state index contributed by atoms with van der Waals surface area (Å²) >= 11 is 5.77. The van der Waals surface area contributed by atoms with E-state index < -0.39 is 10.8 Å². The van der Waals surface area contributed by atoms with Gasteiger partial charge in [-0.1, -0.05) is 35.9 Å². The first-order valence-electron chi connectivity index (χ1n) is 8.58. The van der Waals surface area contributed by atoms with Gasteiger partial charge in [0.05, 0.1) is 18.0 Å². The fourth-order valence-electron chi connectivity index (χ4n) is 2.69. The number of nitrogens with zero attached hydrogens (tertiary/aromatic N) is 1. The zero-order valence-electron chi connectivity index (χ0n) is 14.9. The topological polar surface area (TPSA) is 76.7 Å². The molecule has 26 heavy (non-hydrogen) atoms. The van der Waals surface area contributed by atoms with Gasteiger partial charge in [0.25, 0.3) is 11.6 Å². The van der Waals surface area contributed by atoms with Crippen molar-refractivity contribution in [1.82, 2.24) is 5.32 Å². The van der Waals surface area contributed by atoms with Crippen LogP contribution >= 0.6 is 11.6 Å². The van der Waals surface area contributed by atoms with Crippen LogP contribution < -0.4 is 10.2 Å². The van der Waals surface area contributed by atoms with Crippen LogP contribution in [0.4, 0.5) is 5.69 Å². The van der Waals surface area contributed by atoms with E-state index in [1.54, 1.807) is 0 Å². The number of hydrogen-bond acceptors (Lipinski definition) is 3. The van der Waals surface area contributed by atoms with E-state index in [4.69, 9.17) is 11.6 Å². The number of halogens is 1. The van der Waals surface area contributed by atoms with Gasteiger partial charge >= 0.3 is 0 Å². The Bertz CT molecular complexity index is 774. The maximum Gasteiger partial charge on any atom is 0.283 e. The molecule has 138 valence electrons. The molecule has 0 heterocycles. The third kappa shape index (κ3) is 5.28. The zero-order valence-corrected chi connectivity index (χ0v) is 15.7. The molecule has 0 bridgehead atoms. The average molecular weight is 377 g/mol. The molecule has 0 unspecified atom stereocenters. The van der Waals surface area contributed by atoms with Gasteiger partial charge in [-0.2, -0.15) is 0 Å². The number of amides is 1. The molecule has 1 amide bonds. The summed E-state index contributed by atoms with van der Waals surface area (Å²) in [5.41, 5.74) is 1.88. The van der Waals surface area contributed by atoms with Crippen LogP contribution in [0.25, 0.3) is 0 Å². The highest BCUT2D eigenvalue weighted by Crippen LogP contribution is 2.23. The number of hydrogen-bond donors (Lipinski definition) is 2. The Balaban J connectivity index is 2.01. The second-order valence-electron chi connectivity index (χ2n) is 6.05. The molecule has 0 aliphatic heterocycles. The van der Waals surface area contributed by atoms with Gasteiger partial charge in [0.15, 0.2) is 0 Å². The summed E-state index contributed by atoms with van der Waals surface area (Å²) in [5.74, 6) is -0.495. The standard InChI is InChI=1S/C19H22ClN3O3/c1-3-22(4-2)13-15-7-5-14(6-8-15)12-21-19(24)17-10-9-16(20)11-18(17)23(25)26/h5-11H,3-4,12-13H2,1-2H3,(H,21,24)/p+1. The van der Waals surface area contributed by atoms with Gasteiger partial charge in [-0.05, 0) is 31.5 Å². The Kier molecular flexibility index (Phi) is 7.12. The van der Waals surface area contributed by atoms with E-state index in [0.29, 0.717) is 6.54 Å². The molecule has 0 aliphatic carbocycles. The van der Waals surface area contributed by atoms with Crippen LogP contribution in [0.2, 0.25) is 5.02 Å². The van der Waals surface area contributed by atoms with E-state index in [2.05, 4.69) is 31.3 Å². The summed E-state index contributed by atoms with van der Waals surface area (Å²) in [5, 5.41) is 14.0. The quantitative estimate of drug-likeness (QED) is 0.549. The van der Waals surface area contributed by atoms with Crippen molar-refractivity contribution in [2.75, 3.05) is 13.1 Å². The smallest absolute Gasteiger partial charge is 0.283 e. The van der Waals surface area contributed by atoms with Crippen LogP contribution in [0.15, 0.2) is 42.5 Å². The molecule has 0 spiro atoms. The first-order chi connectivity index (χ1) is 12.4. The monoisotopic (exact) mass is 376 g/mol. The van der Waals surface area contributed by atoms with Crippen molar-refractivity contribution < 1.29 is 14.6 Å². The lowest BCUT2D eigenvalue weighted by atomic mass is 10.1. The molecule has 0 fully saturated rings. The number of nitro benzene ring substituents is 1. The van der Waals surface area contributed by atoms with Crippen molar-refractivity contribution in [3.05, 3.63) is 74.3 Å². The Morgan fingerprint density at radius 3 is 2.31 bits per heavy atom. The highest BCUT2D eigenvalue weighted by atomic mass is 35.5. The van der Waals surface area contributed by atoms with E-state index in [1.165, 1.54) is 28.7 Å². The SMILES string of the molecule is CC[NH+](CC)Cc1ccc(CNC(=O)c2ccc(Cl)cc2[N+](=O)[O-])cc1. The molecule has 7 heteroatoms. The second-order valence-corrected chi connectivity index (χ2v) is 6.49. The van der Waals surface area contributed by atoms with Gasteiger partial charge in [-0.25, -0.2) is 0 Å². The second kappa shape index (κ2) is 9.31. The minimum absolute atomic E-state index is 0.00107. The average Bonchev–Trinajstić information content (AvgIpc) is 2.65. The Morgan fingerprint density at radius 2 is 1.73 bits per heavy atom. The molecule has 6 nitrogen and oxygen atoms in total. The molecule has 0 saturated carbocycles. The van der Waals surface area contributed by atoms with E-state index in [1.807, 2.05) is 12.1 Å². The maximum absolute atomic E-state index is 12.3. The minimum atomic E-state index is -0.606. The number of rotatable bonds is 8. The van der Waals surface area contributed by atoms with Crippen LogP contribution in [-0.2, 0) is 13.1 Å². The Hall–Kier alpha value is -2.44. The van der Waals surface area contributed by atoms with Crippen LogP contribution in [0.1, 0.15) is 35.3 Å². The lowest BCUT2D eigenvalue weighted by molar-refractivity contribution is -0.910. The molecular formula is C19H23ClN3O3+. The fraction of sp³-hybridized carbons (Fsp3) is 0.316. The van der Waals surface area contributed by atoms with Crippen LogP contribution in [0, 0.1) is 10.1 Å². The van der Waals surface area contributed by atoms with Crippen molar-refractivity contribution in [1.29, 1.82) is 0 Å². The summed E-state index contributed by atoms with van der Waals surface area (Å²) in [6, 6.07) is 12.1. The molecule has 0 aliphatic rings. The van der Waals surface area contributed by atoms with E-state index in [-0.39, 0.29) is 16.3 Å². The van der Waals surface area contributed by atoms with E-state index in [9.17, 15) is 14.9 Å². The van der Waals surface area contributed by atoms with Crippen LogP contribution in [-0.4, -0.2) is 23.9 Å². The van der Waals surface area contributed by atoms with Gasteiger partial charge in [0.2, 0.25) is 0 Å². The third-order valence-corrected chi connectivity index (χ3v) is 4.57. The molecule has 0 radical (unpaired) electrons. The first kappa shape index (κ1) is 19.9. The van der Waals surface area contributed by atoms with Crippen molar-refractivity contribution in [3.8, 4) is 0 Å². The van der Waals surface area contributed by atoms with E-state index in [0.717, 1.165) is 25.2 Å². The van der Waals surface area contributed by atoms with Crippen LogP contribution in [0.5, 0.6) is 0 Å². The zero-order chi connectivity index (χ0) is 19.1. The normalized spacial score (nSPS) is 10.8. The molecule has 0 aromatic heterocycles. The molecular weight excluding hydrogens is 354 g/mol. The maximum atomic E-state index is 12.3. The Morgan fingerprint density at radius 1 is 1.12 bits per heavy atom. The predicted molar refractivity (Wildman–Crippen MR) is 101 cm³/mol. The number of nitrogens with one attached hydrogen (secondary N) is 2. The van der Waals surface area contributed by atoms with Gasteiger partial charge in [-0.3, -0.25) is 14.9 Å². The van der Waals surface area contributed by atoms with Gasteiger partial charge in [0.1, 0.15) is 12.1 Å². The highest BCUT2D eigenvalue weighted by Gasteiger charge is 2.20. The number of carbonyl (C=O) groups is 1. The van der Waals surface area contributed by atoms with Gasteiger partial charge in [0, 0.05) is 23.2 Å². The largest absolute Gasteiger partial charge is 0.348 e. The number of carbonyl (C=O) groups excluding carboxylic acids is 1. The highest BCUT2D eigenvalue weighted by molar-refractivity contribution is 6.31. The minimum Gasteiger partial charge on any atom is -0.348 e. The summed E-state index contributed by atoms with van der Waals surface area (Å²) in [4.78, 5) is 24.3. The summed E-state index contributed by atoms with van der Waals surface area (Å²) < 4.78 is 0. The van der Waals surface area contributed by atoms with Crippen molar-refractivity contribution in [2.45, 2.75) is 26.9 Å². The number of nitro groups is 1. The third-order valence-electron chi connectivity index (χ3n) is 4.33. The summed E-state index contributed by atoms with van der Waals surface area (Å²) in [6.45, 7) is 7.76. The molecule has 0 atom stereocenters. The lowest BCUT2D eigenvalue weighted by Crippen LogP contribution is -3.10. The number of quaternary nitrogens is 1. The molecule has 2 rings (SSSR count). The molecule has 2 aromatic rings. The molecule has 2 N–H and O–H groups in total. The van der Waals surface area contributed by atoms with Gasteiger partial charge < -0.3 is 10.2 Å².